The first-order valence-electron chi connectivity index (χ1n) is 6.63. The van der Waals surface area contributed by atoms with E-state index >= 15 is 0 Å². The van der Waals surface area contributed by atoms with Gasteiger partial charge in [-0.25, -0.2) is 0 Å². The van der Waals surface area contributed by atoms with Crippen LogP contribution in [-0.2, 0) is 0 Å². The van der Waals surface area contributed by atoms with E-state index in [0.717, 1.165) is 23.4 Å². The van der Waals surface area contributed by atoms with E-state index in [1.54, 1.807) is 18.2 Å². The molecule has 0 aromatic heterocycles. The number of halogens is 2. The minimum Gasteiger partial charge on any atom is -0.493 e. The molecule has 21 heavy (non-hydrogen) atoms. The lowest BCUT2D eigenvalue weighted by Crippen LogP contribution is -2.06. The topological polar surface area (TPSA) is 44.5 Å². The zero-order valence-electron chi connectivity index (χ0n) is 11.7. The Balaban J connectivity index is 1.76. The fraction of sp³-hybridized carbons (Fsp3) is 0.250. The van der Waals surface area contributed by atoms with Crippen molar-refractivity contribution >= 4 is 28.9 Å². The van der Waals surface area contributed by atoms with Crippen molar-refractivity contribution in [3.63, 3.8) is 0 Å². The summed E-state index contributed by atoms with van der Waals surface area (Å²) in [4.78, 5) is 0. The Morgan fingerprint density at radius 2 is 1.71 bits per heavy atom. The first-order valence-corrected chi connectivity index (χ1v) is 7.39. The maximum Gasteiger partial charge on any atom is 0.137 e. The highest BCUT2D eigenvalue weighted by molar-refractivity contribution is 6.35. The second kappa shape index (κ2) is 7.43. The minimum absolute atomic E-state index is 0.509. The summed E-state index contributed by atoms with van der Waals surface area (Å²) in [5, 5.41) is 1.10. The minimum atomic E-state index is 0.509. The zero-order valence-corrected chi connectivity index (χ0v) is 13.2. The highest BCUT2D eigenvalue weighted by atomic mass is 35.5. The van der Waals surface area contributed by atoms with Gasteiger partial charge in [0.05, 0.1) is 18.2 Å². The van der Waals surface area contributed by atoms with Crippen molar-refractivity contribution in [3.05, 3.63) is 52.0 Å². The summed E-state index contributed by atoms with van der Waals surface area (Å²) >= 11 is 11.8. The summed E-state index contributed by atoms with van der Waals surface area (Å²) in [6, 6.07) is 10.8. The number of anilines is 1. The van der Waals surface area contributed by atoms with Crippen LogP contribution in [0.1, 0.15) is 12.0 Å². The second-order valence-electron chi connectivity index (χ2n) is 4.60. The Morgan fingerprint density at radius 1 is 1.00 bits per heavy atom. The fourth-order valence-electron chi connectivity index (χ4n) is 1.80. The molecule has 2 aromatic rings. The van der Waals surface area contributed by atoms with Crippen LogP contribution in [0.4, 0.5) is 5.69 Å². The van der Waals surface area contributed by atoms with Gasteiger partial charge in [0.1, 0.15) is 11.5 Å². The van der Waals surface area contributed by atoms with Gasteiger partial charge in [0.15, 0.2) is 0 Å². The van der Waals surface area contributed by atoms with E-state index in [1.165, 1.54) is 0 Å². The summed E-state index contributed by atoms with van der Waals surface area (Å²) in [7, 11) is 0. The molecule has 0 bridgehead atoms. The van der Waals surface area contributed by atoms with E-state index in [1.807, 2.05) is 25.1 Å². The lowest BCUT2D eigenvalue weighted by atomic mass is 10.2. The van der Waals surface area contributed by atoms with Gasteiger partial charge in [-0.3, -0.25) is 0 Å². The smallest absolute Gasteiger partial charge is 0.137 e. The van der Waals surface area contributed by atoms with Gasteiger partial charge in [0, 0.05) is 22.7 Å². The van der Waals surface area contributed by atoms with Crippen LogP contribution in [0.2, 0.25) is 10.0 Å². The fourth-order valence-corrected chi connectivity index (χ4v) is 2.27. The Hall–Kier alpha value is -1.58. The van der Waals surface area contributed by atoms with Gasteiger partial charge in [-0.1, -0.05) is 29.3 Å². The molecule has 0 spiro atoms. The highest BCUT2D eigenvalue weighted by Gasteiger charge is 2.04. The zero-order chi connectivity index (χ0) is 15.2. The van der Waals surface area contributed by atoms with E-state index in [4.69, 9.17) is 38.4 Å². The maximum absolute atomic E-state index is 6.02. The number of nitrogen functional groups attached to an aromatic ring is 1. The van der Waals surface area contributed by atoms with Gasteiger partial charge in [-0.15, -0.1) is 0 Å². The SMILES string of the molecule is Cc1c(N)cccc1OCCCOc1ccc(Cl)cc1Cl. The molecule has 0 unspecified atom stereocenters. The molecule has 0 aliphatic carbocycles. The van der Waals surface area contributed by atoms with Crippen LogP contribution in [0, 0.1) is 6.92 Å². The van der Waals surface area contributed by atoms with Crippen LogP contribution in [0.15, 0.2) is 36.4 Å². The molecule has 0 saturated carbocycles. The Kier molecular flexibility index (Phi) is 5.59. The van der Waals surface area contributed by atoms with Crippen molar-refractivity contribution in [2.45, 2.75) is 13.3 Å². The number of benzene rings is 2. The third kappa shape index (κ3) is 4.45. The first kappa shape index (κ1) is 15.8. The molecule has 112 valence electrons. The van der Waals surface area contributed by atoms with Gasteiger partial charge in [0.2, 0.25) is 0 Å². The average Bonchev–Trinajstić information content (AvgIpc) is 2.45. The van der Waals surface area contributed by atoms with Crippen LogP contribution in [0.3, 0.4) is 0 Å². The quantitative estimate of drug-likeness (QED) is 0.616. The van der Waals surface area contributed by atoms with E-state index in [-0.39, 0.29) is 0 Å². The van der Waals surface area contributed by atoms with Crippen LogP contribution in [0.25, 0.3) is 0 Å². The van der Waals surface area contributed by atoms with Crippen LogP contribution >= 0.6 is 23.2 Å². The largest absolute Gasteiger partial charge is 0.493 e. The van der Waals surface area contributed by atoms with Gasteiger partial charge >= 0.3 is 0 Å². The molecule has 0 atom stereocenters. The third-order valence-corrected chi connectivity index (χ3v) is 3.55. The summed E-state index contributed by atoms with van der Waals surface area (Å²) < 4.78 is 11.3. The van der Waals surface area contributed by atoms with Crippen LogP contribution < -0.4 is 15.2 Å². The molecule has 0 fully saturated rings. The first-order chi connectivity index (χ1) is 10.1. The van der Waals surface area contributed by atoms with Crippen molar-refractivity contribution in [2.75, 3.05) is 18.9 Å². The summed E-state index contributed by atoms with van der Waals surface area (Å²) in [5.74, 6) is 1.43. The van der Waals surface area contributed by atoms with Crippen molar-refractivity contribution < 1.29 is 9.47 Å². The standard InChI is InChI=1S/C16H17Cl2NO2/c1-11-14(19)4-2-5-15(11)20-8-3-9-21-16-7-6-12(17)10-13(16)18/h2,4-7,10H,3,8-9,19H2,1H3. The number of nitrogens with two attached hydrogens (primary N) is 1. The maximum atomic E-state index is 6.02. The van der Waals surface area contributed by atoms with Gasteiger partial charge in [0.25, 0.3) is 0 Å². The normalized spacial score (nSPS) is 10.4. The molecule has 2 rings (SSSR count). The molecule has 0 saturated heterocycles. The molecule has 0 aliphatic heterocycles. The molecule has 0 radical (unpaired) electrons. The lowest BCUT2D eigenvalue weighted by Gasteiger charge is -2.11. The molecular weight excluding hydrogens is 309 g/mol. The second-order valence-corrected chi connectivity index (χ2v) is 5.44. The van der Waals surface area contributed by atoms with E-state index < -0.39 is 0 Å². The molecule has 2 aromatic carbocycles. The van der Waals surface area contributed by atoms with Crippen molar-refractivity contribution in [1.82, 2.24) is 0 Å². The van der Waals surface area contributed by atoms with Crippen molar-refractivity contribution in [3.8, 4) is 11.5 Å². The van der Waals surface area contributed by atoms with E-state index in [9.17, 15) is 0 Å². The monoisotopic (exact) mass is 325 g/mol. The van der Waals surface area contributed by atoms with Gasteiger partial charge < -0.3 is 15.2 Å². The third-order valence-electron chi connectivity index (χ3n) is 3.02. The van der Waals surface area contributed by atoms with Crippen LogP contribution in [0.5, 0.6) is 11.5 Å². The average molecular weight is 326 g/mol. The predicted molar refractivity (Wildman–Crippen MR) is 87.7 cm³/mol. The van der Waals surface area contributed by atoms with E-state index in [0.29, 0.717) is 29.0 Å². The predicted octanol–water partition coefficient (Wildman–Crippen LogP) is 4.73. The number of rotatable bonds is 6. The van der Waals surface area contributed by atoms with Crippen LogP contribution in [-0.4, -0.2) is 13.2 Å². The summed E-state index contributed by atoms with van der Waals surface area (Å²) in [5.41, 5.74) is 7.52. The Bertz CT molecular complexity index is 617. The van der Waals surface area contributed by atoms with Gasteiger partial charge in [-0.2, -0.15) is 0 Å². The molecule has 2 N–H and O–H groups in total. The molecule has 0 aliphatic rings. The highest BCUT2D eigenvalue weighted by Crippen LogP contribution is 2.27. The Morgan fingerprint density at radius 3 is 2.43 bits per heavy atom. The Labute approximate surface area is 134 Å². The number of hydrogen-bond acceptors (Lipinski definition) is 3. The molecular formula is C16H17Cl2NO2. The molecule has 0 amide bonds. The van der Waals surface area contributed by atoms with Gasteiger partial charge in [-0.05, 0) is 37.3 Å². The molecule has 5 heteroatoms. The summed E-state index contributed by atoms with van der Waals surface area (Å²) in [6.45, 7) is 3.01. The number of ether oxygens (including phenoxy) is 2. The van der Waals surface area contributed by atoms with Crippen molar-refractivity contribution in [2.24, 2.45) is 0 Å². The molecule has 0 heterocycles. The molecule has 3 nitrogen and oxygen atoms in total. The lowest BCUT2D eigenvalue weighted by molar-refractivity contribution is 0.247. The van der Waals surface area contributed by atoms with Crippen molar-refractivity contribution in [1.29, 1.82) is 0 Å². The number of hydrogen-bond donors (Lipinski definition) is 1. The van der Waals surface area contributed by atoms with E-state index in [2.05, 4.69) is 0 Å². The summed E-state index contributed by atoms with van der Waals surface area (Å²) in [6.07, 6.45) is 0.743.